The van der Waals surface area contributed by atoms with Crippen LogP contribution in [-0.2, 0) is 0 Å². The molecule has 0 saturated heterocycles. The smallest absolute Gasteiger partial charge is 0.274 e. The van der Waals surface area contributed by atoms with Gasteiger partial charge >= 0.3 is 0 Å². The van der Waals surface area contributed by atoms with E-state index in [0.29, 0.717) is 22.5 Å². The zero-order chi connectivity index (χ0) is 19.6. The average Bonchev–Trinajstić information content (AvgIpc) is 2.61. The maximum atomic E-state index is 13.7. The summed E-state index contributed by atoms with van der Waals surface area (Å²) < 4.78 is 26.7. The fourth-order valence-electron chi connectivity index (χ4n) is 2.38. The minimum atomic E-state index is -0.873. The number of benzene rings is 2. The Labute approximate surface area is 159 Å². The first kappa shape index (κ1) is 18.7. The number of carbonyl (C=O) groups is 1. The Morgan fingerprint density at radius 3 is 2.56 bits per heavy atom. The maximum Gasteiger partial charge on any atom is 0.274 e. The lowest BCUT2D eigenvalue weighted by atomic mass is 10.2. The first-order valence-electron chi connectivity index (χ1n) is 7.97. The van der Waals surface area contributed by atoms with Gasteiger partial charge in [-0.1, -0.05) is 17.7 Å². The fourth-order valence-corrected chi connectivity index (χ4v) is 2.56. The number of nitrogens with zero attached hydrogens (tertiary/aromatic N) is 2. The molecule has 27 heavy (non-hydrogen) atoms. The van der Waals surface area contributed by atoms with Gasteiger partial charge in [0.2, 0.25) is 5.95 Å². The predicted molar refractivity (Wildman–Crippen MR) is 101 cm³/mol. The Balaban J connectivity index is 1.86. The third-order valence-electron chi connectivity index (χ3n) is 3.78. The highest BCUT2D eigenvalue weighted by Crippen LogP contribution is 2.25. The summed E-state index contributed by atoms with van der Waals surface area (Å²) >= 11 is 6.10. The molecule has 0 aliphatic carbocycles. The van der Waals surface area contributed by atoms with Crippen LogP contribution < -0.4 is 10.6 Å². The van der Waals surface area contributed by atoms with Crippen molar-refractivity contribution in [2.45, 2.75) is 13.8 Å². The maximum absolute atomic E-state index is 13.7. The van der Waals surface area contributed by atoms with Crippen molar-refractivity contribution < 1.29 is 13.6 Å². The summed E-state index contributed by atoms with van der Waals surface area (Å²) in [5.74, 6) is -2.05. The Morgan fingerprint density at radius 1 is 1.04 bits per heavy atom. The van der Waals surface area contributed by atoms with E-state index in [-0.39, 0.29) is 17.3 Å². The normalized spacial score (nSPS) is 10.6. The minimum Gasteiger partial charge on any atom is -0.324 e. The van der Waals surface area contributed by atoms with Crippen molar-refractivity contribution in [1.82, 2.24) is 9.97 Å². The van der Waals surface area contributed by atoms with Gasteiger partial charge in [-0.05, 0) is 49.7 Å². The molecule has 0 spiro atoms. The molecule has 0 bridgehead atoms. The van der Waals surface area contributed by atoms with Gasteiger partial charge in [-0.15, -0.1) is 0 Å². The topological polar surface area (TPSA) is 66.9 Å². The lowest BCUT2D eigenvalue weighted by Gasteiger charge is -2.11. The van der Waals surface area contributed by atoms with E-state index in [9.17, 15) is 13.6 Å². The summed E-state index contributed by atoms with van der Waals surface area (Å²) in [6, 6.07) is 9.70. The SMILES string of the molecule is Cc1cc(C(=O)Nc2ccc(F)cc2F)nc(Nc2cccc(Cl)c2C)n1. The zero-order valence-corrected chi connectivity index (χ0v) is 15.2. The third-order valence-corrected chi connectivity index (χ3v) is 4.19. The Bertz CT molecular complexity index is 1030. The highest BCUT2D eigenvalue weighted by molar-refractivity contribution is 6.31. The molecule has 0 atom stereocenters. The summed E-state index contributed by atoms with van der Waals surface area (Å²) in [6.07, 6.45) is 0. The van der Waals surface area contributed by atoms with E-state index in [1.54, 1.807) is 25.1 Å². The largest absolute Gasteiger partial charge is 0.324 e. The van der Waals surface area contributed by atoms with E-state index >= 15 is 0 Å². The predicted octanol–water partition coefficient (Wildman–Crippen LogP) is 5.02. The fraction of sp³-hybridized carbons (Fsp3) is 0.105. The van der Waals surface area contributed by atoms with Crippen molar-refractivity contribution in [3.63, 3.8) is 0 Å². The Kier molecular flexibility index (Phi) is 5.32. The number of hydrogen-bond donors (Lipinski definition) is 2. The van der Waals surface area contributed by atoms with Crippen LogP contribution in [0.3, 0.4) is 0 Å². The van der Waals surface area contributed by atoms with Gasteiger partial charge in [0.15, 0.2) is 0 Å². The number of carbonyl (C=O) groups excluding carboxylic acids is 1. The third kappa shape index (κ3) is 4.38. The van der Waals surface area contributed by atoms with Gasteiger partial charge in [-0.3, -0.25) is 4.79 Å². The highest BCUT2D eigenvalue weighted by Gasteiger charge is 2.14. The average molecular weight is 389 g/mol. The van der Waals surface area contributed by atoms with E-state index in [1.807, 2.05) is 6.92 Å². The molecule has 0 aliphatic heterocycles. The number of halogens is 3. The molecular weight excluding hydrogens is 374 g/mol. The molecule has 2 aromatic carbocycles. The standard InChI is InChI=1S/C19H15ClF2N4O/c1-10-8-17(18(27)24-16-7-6-12(21)9-14(16)22)26-19(23-10)25-15-5-3-4-13(20)11(15)2/h3-9H,1-2H3,(H,24,27)(H,23,25,26). The van der Waals surface area contributed by atoms with Gasteiger partial charge in [0, 0.05) is 22.5 Å². The molecule has 2 N–H and O–H groups in total. The number of nitrogens with one attached hydrogen (secondary N) is 2. The van der Waals surface area contributed by atoms with Crippen molar-refractivity contribution in [3.05, 3.63) is 76.1 Å². The number of anilines is 3. The van der Waals surface area contributed by atoms with Gasteiger partial charge in [-0.2, -0.15) is 0 Å². The molecule has 1 heterocycles. The van der Waals surface area contributed by atoms with Crippen molar-refractivity contribution in [1.29, 1.82) is 0 Å². The molecule has 0 aliphatic rings. The van der Waals surface area contributed by atoms with Gasteiger partial charge in [0.25, 0.3) is 5.91 Å². The van der Waals surface area contributed by atoms with Gasteiger partial charge in [0.05, 0.1) is 5.69 Å². The van der Waals surface area contributed by atoms with Gasteiger partial charge in [-0.25, -0.2) is 18.7 Å². The number of rotatable bonds is 4. The molecule has 1 amide bonds. The van der Waals surface area contributed by atoms with Crippen LogP contribution in [0.4, 0.5) is 26.1 Å². The molecule has 138 valence electrons. The molecule has 0 fully saturated rings. The first-order chi connectivity index (χ1) is 12.8. The quantitative estimate of drug-likeness (QED) is 0.658. The van der Waals surface area contributed by atoms with Crippen LogP contribution in [0.15, 0.2) is 42.5 Å². The summed E-state index contributed by atoms with van der Waals surface area (Å²) in [5.41, 5.74) is 1.94. The van der Waals surface area contributed by atoms with Crippen LogP contribution in [0, 0.1) is 25.5 Å². The summed E-state index contributed by atoms with van der Waals surface area (Å²) in [7, 11) is 0. The van der Waals surface area contributed by atoms with Crippen molar-refractivity contribution in [2.75, 3.05) is 10.6 Å². The van der Waals surface area contributed by atoms with Gasteiger partial charge < -0.3 is 10.6 Å². The van der Waals surface area contributed by atoms with E-state index < -0.39 is 17.5 Å². The molecule has 0 radical (unpaired) electrons. The minimum absolute atomic E-state index is 0.0356. The second-order valence-electron chi connectivity index (χ2n) is 5.83. The molecular formula is C19H15ClF2N4O. The van der Waals surface area contributed by atoms with Crippen molar-refractivity contribution in [2.24, 2.45) is 0 Å². The lowest BCUT2D eigenvalue weighted by molar-refractivity contribution is 0.102. The Morgan fingerprint density at radius 2 is 1.81 bits per heavy atom. The van der Waals surface area contributed by atoms with Crippen molar-refractivity contribution >= 4 is 34.8 Å². The summed E-state index contributed by atoms with van der Waals surface area (Å²) in [6.45, 7) is 3.54. The number of hydrogen-bond acceptors (Lipinski definition) is 4. The second-order valence-corrected chi connectivity index (χ2v) is 6.24. The van der Waals surface area contributed by atoms with Crippen LogP contribution in [0.2, 0.25) is 5.02 Å². The lowest BCUT2D eigenvalue weighted by Crippen LogP contribution is -2.16. The molecule has 3 rings (SSSR count). The van der Waals surface area contributed by atoms with Crippen LogP contribution in [0.5, 0.6) is 0 Å². The molecule has 5 nitrogen and oxygen atoms in total. The molecule has 0 saturated carbocycles. The zero-order valence-electron chi connectivity index (χ0n) is 14.5. The molecule has 0 unspecified atom stereocenters. The Hall–Kier alpha value is -3.06. The summed E-state index contributed by atoms with van der Waals surface area (Å²) in [5, 5.41) is 5.98. The monoisotopic (exact) mass is 388 g/mol. The van der Waals surface area contributed by atoms with E-state index in [0.717, 1.165) is 17.7 Å². The van der Waals surface area contributed by atoms with Crippen LogP contribution in [-0.4, -0.2) is 15.9 Å². The highest BCUT2D eigenvalue weighted by atomic mass is 35.5. The van der Waals surface area contributed by atoms with E-state index in [4.69, 9.17) is 11.6 Å². The van der Waals surface area contributed by atoms with E-state index in [2.05, 4.69) is 20.6 Å². The molecule has 8 heteroatoms. The van der Waals surface area contributed by atoms with Crippen LogP contribution in [0.25, 0.3) is 0 Å². The number of amides is 1. The van der Waals surface area contributed by atoms with Gasteiger partial charge in [0.1, 0.15) is 17.3 Å². The van der Waals surface area contributed by atoms with E-state index in [1.165, 1.54) is 6.07 Å². The van der Waals surface area contributed by atoms with Crippen LogP contribution >= 0.6 is 11.6 Å². The number of aromatic nitrogens is 2. The van der Waals surface area contributed by atoms with Crippen LogP contribution in [0.1, 0.15) is 21.7 Å². The molecule has 1 aromatic heterocycles. The summed E-state index contributed by atoms with van der Waals surface area (Å²) in [4.78, 5) is 20.8. The van der Waals surface area contributed by atoms with Crippen molar-refractivity contribution in [3.8, 4) is 0 Å². The molecule has 3 aromatic rings. The first-order valence-corrected chi connectivity index (χ1v) is 8.35. The second kappa shape index (κ2) is 7.67. The number of aryl methyl sites for hydroxylation is 1.